The molecule has 0 amide bonds. The molecule has 0 aliphatic carbocycles. The highest BCUT2D eigenvalue weighted by Gasteiger charge is 1.94. The van der Waals surface area contributed by atoms with Crippen LogP contribution in [0.4, 0.5) is 0 Å². The number of allylic oxidation sites excluding steroid dienone is 1. The smallest absolute Gasteiger partial charge is 0.118 e. The van der Waals surface area contributed by atoms with E-state index in [1.165, 1.54) is 0 Å². The molecule has 12 heavy (non-hydrogen) atoms. The number of unbranched alkanes of at least 4 members (excludes halogenated alkanes) is 1. The Morgan fingerprint density at radius 1 is 1.33 bits per heavy atom. The van der Waals surface area contributed by atoms with E-state index in [4.69, 9.17) is 0 Å². The van der Waals surface area contributed by atoms with E-state index in [-0.39, 0.29) is 0 Å². The van der Waals surface area contributed by atoms with Crippen molar-refractivity contribution in [3.63, 3.8) is 0 Å². The average molecular weight is 162 g/mol. The molecule has 64 valence electrons. The first-order valence-corrected chi connectivity index (χ1v) is 4.29. The molecule has 0 fully saturated rings. The third kappa shape index (κ3) is 2.42. The largest absolute Gasteiger partial charge is 0.508 e. The minimum Gasteiger partial charge on any atom is -0.508 e. The summed E-state index contributed by atoms with van der Waals surface area (Å²) in [5.74, 6) is 0.387. The lowest BCUT2D eigenvalue weighted by molar-refractivity contribution is 0.509. The number of hydrogen-bond donors (Lipinski definition) is 1. The van der Waals surface area contributed by atoms with Crippen LogP contribution in [-0.4, -0.2) is 5.11 Å². The molecule has 1 heteroatoms. The second-order valence-electron chi connectivity index (χ2n) is 2.74. The molecule has 0 heterocycles. The molecule has 0 saturated carbocycles. The first-order valence-electron chi connectivity index (χ1n) is 4.29. The van der Waals surface area contributed by atoms with Gasteiger partial charge in [-0.1, -0.05) is 43.7 Å². The third-order valence-electron chi connectivity index (χ3n) is 1.70. The lowest BCUT2D eigenvalue weighted by atomic mass is 10.1. The summed E-state index contributed by atoms with van der Waals surface area (Å²) in [6.07, 6.45) is 3.85. The van der Waals surface area contributed by atoms with E-state index < -0.39 is 0 Å². The summed E-state index contributed by atoms with van der Waals surface area (Å²) < 4.78 is 0. The molecule has 0 bridgehead atoms. The zero-order valence-electron chi connectivity index (χ0n) is 7.33. The van der Waals surface area contributed by atoms with Gasteiger partial charge < -0.3 is 5.11 Å². The zero-order valence-corrected chi connectivity index (χ0v) is 7.33. The number of aliphatic hydroxyl groups excluding tert-OH is 1. The standard InChI is InChI=1S/C11H14O/c1-2-3-9-11(12)10-7-5-4-6-8-10/h4-9,12H,2-3H2,1H3/b11-9+. The fourth-order valence-corrected chi connectivity index (χ4v) is 1.01. The van der Waals surface area contributed by atoms with E-state index in [0.29, 0.717) is 5.76 Å². The molecule has 0 unspecified atom stereocenters. The average Bonchev–Trinajstić information content (AvgIpc) is 2.15. The molecule has 0 radical (unpaired) electrons. The third-order valence-corrected chi connectivity index (χ3v) is 1.70. The predicted octanol–water partition coefficient (Wildman–Crippen LogP) is 3.39. The molecule has 1 nitrogen and oxygen atoms in total. The Morgan fingerprint density at radius 2 is 2.00 bits per heavy atom. The molecule has 0 aliphatic heterocycles. The maximum absolute atomic E-state index is 9.51. The molecular formula is C11H14O. The summed E-state index contributed by atoms with van der Waals surface area (Å²) in [6.45, 7) is 2.09. The van der Waals surface area contributed by atoms with Gasteiger partial charge in [-0.25, -0.2) is 0 Å². The van der Waals surface area contributed by atoms with Crippen molar-refractivity contribution in [1.29, 1.82) is 0 Å². The summed E-state index contributed by atoms with van der Waals surface area (Å²) >= 11 is 0. The number of aliphatic hydroxyl groups is 1. The SMILES string of the molecule is CCC/C=C(/O)c1ccccc1. The Labute approximate surface area is 73.4 Å². The van der Waals surface area contributed by atoms with Crippen LogP contribution in [0.25, 0.3) is 5.76 Å². The monoisotopic (exact) mass is 162 g/mol. The Bertz CT molecular complexity index is 249. The van der Waals surface area contributed by atoms with Gasteiger partial charge in [0.15, 0.2) is 0 Å². The second-order valence-corrected chi connectivity index (χ2v) is 2.74. The van der Waals surface area contributed by atoms with E-state index in [1.807, 2.05) is 36.4 Å². The van der Waals surface area contributed by atoms with Crippen LogP contribution in [-0.2, 0) is 0 Å². The van der Waals surface area contributed by atoms with Crippen molar-refractivity contribution in [2.75, 3.05) is 0 Å². The molecular weight excluding hydrogens is 148 g/mol. The maximum atomic E-state index is 9.51. The van der Waals surface area contributed by atoms with Gasteiger partial charge >= 0.3 is 0 Å². The lowest BCUT2D eigenvalue weighted by Crippen LogP contribution is -1.80. The van der Waals surface area contributed by atoms with Gasteiger partial charge in [0.25, 0.3) is 0 Å². The van der Waals surface area contributed by atoms with Gasteiger partial charge in [0.05, 0.1) is 0 Å². The minimum atomic E-state index is 0.387. The molecule has 0 aromatic heterocycles. The number of hydrogen-bond acceptors (Lipinski definition) is 1. The van der Waals surface area contributed by atoms with Gasteiger partial charge in [-0.05, 0) is 12.5 Å². The lowest BCUT2D eigenvalue weighted by Gasteiger charge is -1.98. The first kappa shape index (κ1) is 8.85. The topological polar surface area (TPSA) is 20.2 Å². The summed E-state index contributed by atoms with van der Waals surface area (Å²) in [7, 11) is 0. The van der Waals surface area contributed by atoms with Crippen molar-refractivity contribution in [2.45, 2.75) is 19.8 Å². The molecule has 1 N–H and O–H groups in total. The Balaban J connectivity index is 2.71. The maximum Gasteiger partial charge on any atom is 0.118 e. The second kappa shape index (κ2) is 4.60. The minimum absolute atomic E-state index is 0.387. The Morgan fingerprint density at radius 3 is 2.58 bits per heavy atom. The van der Waals surface area contributed by atoms with Crippen LogP contribution in [0.1, 0.15) is 25.3 Å². The van der Waals surface area contributed by atoms with E-state index in [2.05, 4.69) is 6.92 Å². The molecule has 0 saturated heterocycles. The summed E-state index contributed by atoms with van der Waals surface area (Å²) in [6, 6.07) is 9.59. The van der Waals surface area contributed by atoms with Gasteiger partial charge in [-0.2, -0.15) is 0 Å². The highest BCUT2D eigenvalue weighted by Crippen LogP contribution is 2.11. The quantitative estimate of drug-likeness (QED) is 0.675. The van der Waals surface area contributed by atoms with Crippen LogP contribution in [0.5, 0.6) is 0 Å². The fraction of sp³-hybridized carbons (Fsp3) is 0.273. The van der Waals surface area contributed by atoms with E-state index >= 15 is 0 Å². The van der Waals surface area contributed by atoms with Crippen LogP contribution in [0, 0.1) is 0 Å². The fourth-order valence-electron chi connectivity index (χ4n) is 1.01. The van der Waals surface area contributed by atoms with Gasteiger partial charge in [0.2, 0.25) is 0 Å². The normalized spacial score (nSPS) is 11.6. The molecule has 0 aliphatic rings. The highest BCUT2D eigenvalue weighted by atomic mass is 16.3. The van der Waals surface area contributed by atoms with Crippen molar-refractivity contribution >= 4 is 5.76 Å². The van der Waals surface area contributed by atoms with Crippen LogP contribution < -0.4 is 0 Å². The first-order chi connectivity index (χ1) is 5.84. The highest BCUT2D eigenvalue weighted by molar-refractivity contribution is 5.57. The van der Waals surface area contributed by atoms with E-state index in [0.717, 1.165) is 18.4 Å². The van der Waals surface area contributed by atoms with Crippen molar-refractivity contribution < 1.29 is 5.11 Å². The zero-order chi connectivity index (χ0) is 8.81. The molecule has 1 rings (SSSR count). The molecule has 1 aromatic carbocycles. The predicted molar refractivity (Wildman–Crippen MR) is 52.0 cm³/mol. The van der Waals surface area contributed by atoms with Gasteiger partial charge in [0, 0.05) is 5.56 Å². The number of benzene rings is 1. The summed E-state index contributed by atoms with van der Waals surface area (Å²) in [5.41, 5.74) is 0.894. The van der Waals surface area contributed by atoms with E-state index in [1.54, 1.807) is 0 Å². The molecule has 1 aromatic rings. The van der Waals surface area contributed by atoms with Crippen molar-refractivity contribution in [3.8, 4) is 0 Å². The Kier molecular flexibility index (Phi) is 3.39. The van der Waals surface area contributed by atoms with Crippen molar-refractivity contribution in [1.82, 2.24) is 0 Å². The summed E-state index contributed by atoms with van der Waals surface area (Å²) in [5, 5.41) is 9.51. The van der Waals surface area contributed by atoms with Gasteiger partial charge in [-0.15, -0.1) is 0 Å². The molecule has 0 atom stereocenters. The molecule has 0 spiro atoms. The van der Waals surface area contributed by atoms with Gasteiger partial charge in [-0.3, -0.25) is 0 Å². The van der Waals surface area contributed by atoms with Crippen molar-refractivity contribution in [3.05, 3.63) is 42.0 Å². The van der Waals surface area contributed by atoms with Crippen LogP contribution in [0.15, 0.2) is 36.4 Å². The van der Waals surface area contributed by atoms with Crippen LogP contribution in [0.2, 0.25) is 0 Å². The van der Waals surface area contributed by atoms with Crippen LogP contribution >= 0.6 is 0 Å². The van der Waals surface area contributed by atoms with Gasteiger partial charge in [0.1, 0.15) is 5.76 Å². The number of rotatable bonds is 3. The summed E-state index contributed by atoms with van der Waals surface area (Å²) in [4.78, 5) is 0. The Hall–Kier alpha value is -1.24. The van der Waals surface area contributed by atoms with E-state index in [9.17, 15) is 5.11 Å². The van der Waals surface area contributed by atoms with Crippen molar-refractivity contribution in [2.24, 2.45) is 0 Å². The van der Waals surface area contributed by atoms with Crippen LogP contribution in [0.3, 0.4) is 0 Å².